The Kier molecular flexibility index (Phi) is 7.12. The molecular weight excluding hydrogens is 368 g/mol. The zero-order chi connectivity index (χ0) is 19.3. The number of aryl methyl sites for hydroxylation is 3. The van der Waals surface area contributed by atoms with Crippen LogP contribution in [0.15, 0.2) is 41.3 Å². The Morgan fingerprint density at radius 3 is 2.35 bits per heavy atom. The van der Waals surface area contributed by atoms with Crippen LogP contribution in [0.4, 0.5) is 5.69 Å². The number of carbonyl (C=O) groups excluding carboxylic acids is 2. The maximum atomic E-state index is 12.4. The van der Waals surface area contributed by atoms with Gasteiger partial charge >= 0.3 is 0 Å². The van der Waals surface area contributed by atoms with Crippen LogP contribution in [0.25, 0.3) is 0 Å². The summed E-state index contributed by atoms with van der Waals surface area (Å²) >= 11 is 7.54. The Morgan fingerprint density at radius 2 is 1.73 bits per heavy atom. The normalized spacial score (nSPS) is 10.5. The molecule has 4 nitrogen and oxygen atoms in total. The molecule has 2 aromatic carbocycles. The number of rotatable bonds is 6. The highest BCUT2D eigenvalue weighted by Gasteiger charge is 2.15. The summed E-state index contributed by atoms with van der Waals surface area (Å²) in [5.41, 5.74) is 4.09. The minimum atomic E-state index is -0.276. The van der Waals surface area contributed by atoms with E-state index in [1.165, 1.54) is 33.4 Å². The Hall–Kier alpha value is -1.98. The van der Waals surface area contributed by atoms with Crippen molar-refractivity contribution in [2.24, 2.45) is 0 Å². The number of hydrogen-bond acceptors (Lipinski definition) is 3. The molecule has 0 spiro atoms. The van der Waals surface area contributed by atoms with Crippen molar-refractivity contribution in [2.45, 2.75) is 25.7 Å². The van der Waals surface area contributed by atoms with Gasteiger partial charge in [0, 0.05) is 11.9 Å². The molecule has 0 heterocycles. The first kappa shape index (κ1) is 20.3. The molecular formula is C20H23ClN2O2S. The lowest BCUT2D eigenvalue weighted by molar-refractivity contribution is -0.131. The summed E-state index contributed by atoms with van der Waals surface area (Å²) in [4.78, 5) is 27.0. The quantitative estimate of drug-likeness (QED) is 0.741. The first-order valence-electron chi connectivity index (χ1n) is 8.27. The number of benzene rings is 2. The number of carbonyl (C=O) groups is 2. The molecule has 2 amide bonds. The van der Waals surface area contributed by atoms with Crippen molar-refractivity contribution in [1.82, 2.24) is 4.90 Å². The molecule has 0 radical (unpaired) electrons. The summed E-state index contributed by atoms with van der Waals surface area (Å²) in [6.45, 7) is 6.14. The number of likely N-dealkylation sites (N-methyl/N-ethyl adjacent to an activating group) is 1. The fourth-order valence-electron chi connectivity index (χ4n) is 2.69. The zero-order valence-electron chi connectivity index (χ0n) is 15.4. The highest BCUT2D eigenvalue weighted by atomic mass is 35.5. The number of amides is 2. The van der Waals surface area contributed by atoms with Crippen LogP contribution in [0.1, 0.15) is 16.7 Å². The summed E-state index contributed by atoms with van der Waals surface area (Å²) in [6, 6.07) is 11.2. The van der Waals surface area contributed by atoms with Crippen molar-refractivity contribution in [3.63, 3.8) is 0 Å². The molecule has 2 rings (SSSR count). The molecule has 0 atom stereocenters. The van der Waals surface area contributed by atoms with E-state index in [9.17, 15) is 9.59 Å². The van der Waals surface area contributed by atoms with Gasteiger partial charge in [0.25, 0.3) is 0 Å². The molecule has 26 heavy (non-hydrogen) atoms. The van der Waals surface area contributed by atoms with E-state index in [2.05, 4.69) is 24.4 Å². The van der Waals surface area contributed by atoms with Gasteiger partial charge in [-0.25, -0.2) is 0 Å². The number of nitrogens with zero attached hydrogens (tertiary/aromatic N) is 1. The van der Waals surface area contributed by atoms with E-state index in [1.54, 1.807) is 31.3 Å². The molecule has 0 aliphatic rings. The van der Waals surface area contributed by atoms with E-state index in [1.807, 2.05) is 13.8 Å². The summed E-state index contributed by atoms with van der Waals surface area (Å²) in [6.07, 6.45) is 0. The van der Waals surface area contributed by atoms with Crippen LogP contribution in [0.2, 0.25) is 5.02 Å². The molecule has 0 saturated carbocycles. The molecule has 2 aromatic rings. The minimum absolute atomic E-state index is 0.0174. The Bertz CT molecular complexity index is 800. The fraction of sp³-hybridized carbons (Fsp3) is 0.300. The van der Waals surface area contributed by atoms with Crippen LogP contribution in [0.3, 0.4) is 0 Å². The highest BCUT2D eigenvalue weighted by molar-refractivity contribution is 8.00. The van der Waals surface area contributed by atoms with Crippen LogP contribution < -0.4 is 5.32 Å². The van der Waals surface area contributed by atoms with Crippen molar-refractivity contribution in [1.29, 1.82) is 0 Å². The lowest BCUT2D eigenvalue weighted by Crippen LogP contribution is -2.36. The predicted octanol–water partition coefficient (Wildman–Crippen LogP) is 4.45. The first-order valence-corrected chi connectivity index (χ1v) is 9.63. The third-order valence-electron chi connectivity index (χ3n) is 3.90. The molecule has 0 unspecified atom stereocenters. The largest absolute Gasteiger partial charge is 0.336 e. The van der Waals surface area contributed by atoms with Gasteiger partial charge in [0.15, 0.2) is 0 Å². The minimum Gasteiger partial charge on any atom is -0.336 e. The maximum absolute atomic E-state index is 12.4. The third kappa shape index (κ3) is 5.51. The standard InChI is InChI=1S/C20H23ClN2O2S/c1-13-9-14(2)20(15(3)10-13)26-12-19(25)23(4)11-18(24)22-17-8-6-5-7-16(17)21/h5-10H,11-12H2,1-4H3,(H,22,24). The fourth-order valence-corrected chi connectivity index (χ4v) is 3.94. The van der Waals surface area contributed by atoms with E-state index < -0.39 is 0 Å². The summed E-state index contributed by atoms with van der Waals surface area (Å²) in [5, 5.41) is 3.19. The second-order valence-electron chi connectivity index (χ2n) is 6.29. The lowest BCUT2D eigenvalue weighted by atomic mass is 10.1. The monoisotopic (exact) mass is 390 g/mol. The van der Waals surface area contributed by atoms with E-state index in [-0.39, 0.29) is 18.4 Å². The number of hydrogen-bond donors (Lipinski definition) is 1. The number of para-hydroxylation sites is 1. The van der Waals surface area contributed by atoms with Gasteiger partial charge in [-0.15, -0.1) is 11.8 Å². The van der Waals surface area contributed by atoms with E-state index in [0.29, 0.717) is 16.5 Å². The molecule has 0 saturated heterocycles. The van der Waals surface area contributed by atoms with Gasteiger partial charge in [0.1, 0.15) is 0 Å². The van der Waals surface area contributed by atoms with Crippen molar-refractivity contribution in [3.8, 4) is 0 Å². The number of anilines is 1. The Labute approximate surface area is 163 Å². The molecule has 0 fully saturated rings. The van der Waals surface area contributed by atoms with Crippen LogP contribution >= 0.6 is 23.4 Å². The lowest BCUT2D eigenvalue weighted by Gasteiger charge is -2.18. The number of nitrogens with one attached hydrogen (secondary N) is 1. The van der Waals surface area contributed by atoms with Crippen LogP contribution in [0.5, 0.6) is 0 Å². The second-order valence-corrected chi connectivity index (χ2v) is 7.69. The van der Waals surface area contributed by atoms with Gasteiger partial charge < -0.3 is 10.2 Å². The molecule has 138 valence electrons. The van der Waals surface area contributed by atoms with Crippen molar-refractivity contribution >= 4 is 40.9 Å². The molecule has 0 aromatic heterocycles. The van der Waals surface area contributed by atoms with E-state index in [4.69, 9.17) is 11.6 Å². The van der Waals surface area contributed by atoms with Crippen LogP contribution in [0, 0.1) is 20.8 Å². The average Bonchev–Trinajstić information content (AvgIpc) is 2.55. The summed E-state index contributed by atoms with van der Waals surface area (Å²) in [7, 11) is 1.63. The van der Waals surface area contributed by atoms with E-state index >= 15 is 0 Å². The van der Waals surface area contributed by atoms with Gasteiger partial charge in [0.2, 0.25) is 11.8 Å². The Morgan fingerprint density at radius 1 is 1.12 bits per heavy atom. The first-order chi connectivity index (χ1) is 12.3. The number of thioether (sulfide) groups is 1. The molecule has 0 aliphatic heterocycles. The zero-order valence-corrected chi connectivity index (χ0v) is 17.0. The third-order valence-corrected chi connectivity index (χ3v) is 5.55. The number of halogens is 1. The molecule has 6 heteroatoms. The van der Waals surface area contributed by atoms with Crippen LogP contribution in [-0.2, 0) is 9.59 Å². The molecule has 1 N–H and O–H groups in total. The SMILES string of the molecule is Cc1cc(C)c(SCC(=O)N(C)CC(=O)Nc2ccccc2Cl)c(C)c1. The van der Waals surface area contributed by atoms with Gasteiger partial charge in [-0.05, 0) is 44.0 Å². The maximum Gasteiger partial charge on any atom is 0.244 e. The summed E-state index contributed by atoms with van der Waals surface area (Å²) in [5.74, 6) is -0.0778. The predicted molar refractivity (Wildman–Crippen MR) is 109 cm³/mol. The molecule has 0 aliphatic carbocycles. The summed E-state index contributed by atoms with van der Waals surface area (Å²) < 4.78 is 0. The molecule has 0 bridgehead atoms. The Balaban J connectivity index is 1.90. The topological polar surface area (TPSA) is 49.4 Å². The van der Waals surface area contributed by atoms with Gasteiger partial charge in [0.05, 0.1) is 23.0 Å². The van der Waals surface area contributed by atoms with Gasteiger partial charge in [-0.1, -0.05) is 41.4 Å². The van der Waals surface area contributed by atoms with Gasteiger partial charge in [-0.3, -0.25) is 9.59 Å². The highest BCUT2D eigenvalue weighted by Crippen LogP contribution is 2.27. The van der Waals surface area contributed by atoms with Crippen molar-refractivity contribution in [2.75, 3.05) is 24.7 Å². The van der Waals surface area contributed by atoms with Crippen molar-refractivity contribution in [3.05, 3.63) is 58.1 Å². The van der Waals surface area contributed by atoms with Crippen LogP contribution in [-0.4, -0.2) is 36.1 Å². The smallest absolute Gasteiger partial charge is 0.244 e. The second kappa shape index (κ2) is 9.10. The van der Waals surface area contributed by atoms with E-state index in [0.717, 1.165) is 4.90 Å². The van der Waals surface area contributed by atoms with Crippen molar-refractivity contribution < 1.29 is 9.59 Å². The average molecular weight is 391 g/mol. The van der Waals surface area contributed by atoms with Gasteiger partial charge in [-0.2, -0.15) is 0 Å².